The van der Waals surface area contributed by atoms with Crippen LogP contribution in [0.3, 0.4) is 0 Å². The summed E-state index contributed by atoms with van der Waals surface area (Å²) in [5.41, 5.74) is 2.30. The van der Waals surface area contributed by atoms with Crippen LogP contribution in [0.5, 0.6) is 5.75 Å². The number of rotatable bonds is 5. The summed E-state index contributed by atoms with van der Waals surface area (Å²) in [5, 5.41) is 12.1. The Morgan fingerprint density at radius 2 is 2.23 bits per heavy atom. The fraction of sp³-hybridized carbons (Fsp3) is 0.368. The van der Waals surface area contributed by atoms with E-state index in [0.717, 1.165) is 35.8 Å². The zero-order chi connectivity index (χ0) is 18.5. The van der Waals surface area contributed by atoms with Gasteiger partial charge in [0.05, 0.1) is 24.3 Å². The first-order valence-electron chi connectivity index (χ1n) is 8.53. The monoisotopic (exact) mass is 351 g/mol. The number of ether oxygens (including phenoxy) is 1. The lowest BCUT2D eigenvalue weighted by Gasteiger charge is -2.19. The first-order valence-corrected chi connectivity index (χ1v) is 8.53. The second-order valence-electron chi connectivity index (χ2n) is 6.31. The molecule has 0 saturated carbocycles. The van der Waals surface area contributed by atoms with Gasteiger partial charge in [-0.3, -0.25) is 9.78 Å². The molecule has 1 fully saturated rings. The lowest BCUT2D eigenvalue weighted by molar-refractivity contribution is -0.119. The lowest BCUT2D eigenvalue weighted by atomic mass is 10.1. The minimum absolute atomic E-state index is 0.0138. The number of nitrogens with zero attached hydrogens (tertiary/aromatic N) is 4. The van der Waals surface area contributed by atoms with Crippen LogP contribution >= 0.6 is 0 Å². The van der Waals surface area contributed by atoms with Gasteiger partial charge in [-0.2, -0.15) is 5.26 Å². The second kappa shape index (κ2) is 7.83. The van der Waals surface area contributed by atoms with E-state index in [1.54, 1.807) is 12.4 Å². The van der Waals surface area contributed by atoms with Crippen LogP contribution < -0.4 is 15.0 Å². The molecule has 26 heavy (non-hydrogen) atoms. The molecule has 0 aliphatic carbocycles. The van der Waals surface area contributed by atoms with Crippen molar-refractivity contribution in [2.45, 2.75) is 32.9 Å². The zero-order valence-corrected chi connectivity index (χ0v) is 14.9. The number of aryl methyl sites for hydroxylation is 1. The van der Waals surface area contributed by atoms with Gasteiger partial charge in [-0.05, 0) is 24.6 Å². The molecule has 7 nitrogen and oxygen atoms in total. The average molecular weight is 351 g/mol. The van der Waals surface area contributed by atoms with E-state index in [1.165, 1.54) is 6.92 Å². The predicted octanol–water partition coefficient (Wildman–Crippen LogP) is 1.95. The normalized spacial score (nSPS) is 16.2. The molecule has 7 heteroatoms. The maximum atomic E-state index is 11.0. The summed E-state index contributed by atoms with van der Waals surface area (Å²) in [5.74, 6) is 1.35. The van der Waals surface area contributed by atoms with Gasteiger partial charge >= 0.3 is 0 Å². The van der Waals surface area contributed by atoms with Crippen LogP contribution in [0.2, 0.25) is 0 Å². The minimum atomic E-state index is -0.0940. The number of carbonyl (C=O) groups is 1. The third-order valence-electron chi connectivity index (χ3n) is 4.30. The highest BCUT2D eigenvalue weighted by atomic mass is 16.5. The SMILES string of the molecule is CC(=O)NCc1cc(OC2CCN(c3nccc(C)c3C#N)C2)ccn1. The summed E-state index contributed by atoms with van der Waals surface area (Å²) < 4.78 is 6.07. The van der Waals surface area contributed by atoms with Crippen molar-refractivity contribution in [1.82, 2.24) is 15.3 Å². The number of hydrogen-bond acceptors (Lipinski definition) is 6. The van der Waals surface area contributed by atoms with Gasteiger partial charge in [0.1, 0.15) is 23.7 Å². The van der Waals surface area contributed by atoms with Crippen LogP contribution in [0.15, 0.2) is 30.6 Å². The number of aromatic nitrogens is 2. The Bertz CT molecular complexity index is 846. The van der Waals surface area contributed by atoms with Crippen molar-refractivity contribution >= 4 is 11.7 Å². The van der Waals surface area contributed by atoms with E-state index in [0.29, 0.717) is 18.7 Å². The molecular formula is C19H21N5O2. The summed E-state index contributed by atoms with van der Waals surface area (Å²) in [4.78, 5) is 21.7. The molecule has 3 rings (SSSR count). The van der Waals surface area contributed by atoms with E-state index in [-0.39, 0.29) is 12.0 Å². The Hall–Kier alpha value is -3.14. The number of hydrogen-bond donors (Lipinski definition) is 1. The highest BCUT2D eigenvalue weighted by Crippen LogP contribution is 2.26. The molecule has 0 radical (unpaired) electrons. The summed E-state index contributed by atoms with van der Waals surface area (Å²) in [6.45, 7) is 5.24. The molecule has 0 spiro atoms. The van der Waals surface area contributed by atoms with Crippen LogP contribution in [0, 0.1) is 18.3 Å². The highest BCUT2D eigenvalue weighted by molar-refractivity contribution is 5.72. The van der Waals surface area contributed by atoms with Crippen LogP contribution in [-0.4, -0.2) is 35.1 Å². The molecule has 2 aromatic heterocycles. The summed E-state index contributed by atoms with van der Waals surface area (Å²) >= 11 is 0. The van der Waals surface area contributed by atoms with Crippen molar-refractivity contribution in [3.63, 3.8) is 0 Å². The first kappa shape index (κ1) is 17.7. The van der Waals surface area contributed by atoms with Crippen molar-refractivity contribution in [3.05, 3.63) is 47.4 Å². The molecule has 1 atom stereocenters. The van der Waals surface area contributed by atoms with Crippen molar-refractivity contribution in [2.75, 3.05) is 18.0 Å². The van der Waals surface area contributed by atoms with Crippen LogP contribution in [0.4, 0.5) is 5.82 Å². The van der Waals surface area contributed by atoms with E-state index in [2.05, 4.69) is 26.3 Å². The molecule has 1 aliphatic heterocycles. The molecule has 134 valence electrons. The van der Waals surface area contributed by atoms with Gasteiger partial charge in [0, 0.05) is 38.3 Å². The third kappa shape index (κ3) is 4.09. The van der Waals surface area contributed by atoms with Gasteiger partial charge in [0.2, 0.25) is 5.91 Å². The number of pyridine rings is 2. The van der Waals surface area contributed by atoms with Gasteiger partial charge in [0.25, 0.3) is 0 Å². The van der Waals surface area contributed by atoms with Gasteiger partial charge in [-0.15, -0.1) is 0 Å². The van der Waals surface area contributed by atoms with Gasteiger partial charge in [0.15, 0.2) is 0 Å². The van der Waals surface area contributed by atoms with Crippen LogP contribution in [0.1, 0.15) is 30.2 Å². The quantitative estimate of drug-likeness (QED) is 0.885. The second-order valence-corrected chi connectivity index (χ2v) is 6.31. The minimum Gasteiger partial charge on any atom is -0.488 e. The smallest absolute Gasteiger partial charge is 0.217 e. The Kier molecular flexibility index (Phi) is 5.32. The summed E-state index contributed by atoms with van der Waals surface area (Å²) in [6.07, 6.45) is 4.27. The van der Waals surface area contributed by atoms with Crippen molar-refractivity contribution in [1.29, 1.82) is 5.26 Å². The van der Waals surface area contributed by atoms with E-state index in [1.807, 2.05) is 25.1 Å². The largest absolute Gasteiger partial charge is 0.488 e. The summed E-state index contributed by atoms with van der Waals surface area (Å²) in [6, 6.07) is 7.74. The van der Waals surface area contributed by atoms with E-state index in [4.69, 9.17) is 4.74 Å². The molecular weight excluding hydrogens is 330 g/mol. The maximum Gasteiger partial charge on any atom is 0.217 e. The molecule has 1 aliphatic rings. The first-order chi connectivity index (χ1) is 12.6. The van der Waals surface area contributed by atoms with Crippen molar-refractivity contribution in [3.8, 4) is 11.8 Å². The zero-order valence-electron chi connectivity index (χ0n) is 14.9. The van der Waals surface area contributed by atoms with Crippen molar-refractivity contribution in [2.24, 2.45) is 0 Å². The highest BCUT2D eigenvalue weighted by Gasteiger charge is 2.27. The fourth-order valence-electron chi connectivity index (χ4n) is 2.97. The maximum absolute atomic E-state index is 11.0. The number of nitrogens with one attached hydrogen (secondary N) is 1. The molecule has 3 heterocycles. The number of carbonyl (C=O) groups excluding carboxylic acids is 1. The predicted molar refractivity (Wildman–Crippen MR) is 96.7 cm³/mol. The van der Waals surface area contributed by atoms with E-state index in [9.17, 15) is 10.1 Å². The number of anilines is 1. The molecule has 0 bridgehead atoms. The molecule has 0 aromatic carbocycles. The van der Waals surface area contributed by atoms with Crippen LogP contribution in [0.25, 0.3) is 0 Å². The average Bonchev–Trinajstić information content (AvgIpc) is 3.08. The van der Waals surface area contributed by atoms with E-state index < -0.39 is 0 Å². The molecule has 1 N–H and O–H groups in total. The van der Waals surface area contributed by atoms with Crippen molar-refractivity contribution < 1.29 is 9.53 Å². The Morgan fingerprint density at radius 1 is 1.42 bits per heavy atom. The Morgan fingerprint density at radius 3 is 3.00 bits per heavy atom. The molecule has 1 unspecified atom stereocenters. The van der Waals surface area contributed by atoms with Gasteiger partial charge in [-0.1, -0.05) is 0 Å². The van der Waals surface area contributed by atoms with E-state index >= 15 is 0 Å². The topological polar surface area (TPSA) is 91.1 Å². The number of nitriles is 1. The standard InChI is InChI=1S/C19H21N5O2/c1-13-3-6-22-19(18(13)10-20)24-8-5-17(12-24)26-16-4-7-21-15(9-16)11-23-14(2)25/h3-4,6-7,9,17H,5,8,11-12H2,1-2H3,(H,23,25). The lowest BCUT2D eigenvalue weighted by Crippen LogP contribution is -2.26. The fourth-order valence-corrected chi connectivity index (χ4v) is 2.97. The molecule has 1 saturated heterocycles. The number of amides is 1. The Balaban J connectivity index is 1.65. The molecule has 1 amide bonds. The van der Waals surface area contributed by atoms with Crippen LogP contribution in [-0.2, 0) is 11.3 Å². The third-order valence-corrected chi connectivity index (χ3v) is 4.30. The van der Waals surface area contributed by atoms with Gasteiger partial charge < -0.3 is 15.0 Å². The Labute approximate surface area is 152 Å². The molecule has 2 aromatic rings. The van der Waals surface area contributed by atoms with Gasteiger partial charge in [-0.25, -0.2) is 4.98 Å². The summed E-state index contributed by atoms with van der Waals surface area (Å²) in [7, 11) is 0.